The van der Waals surface area contributed by atoms with E-state index in [9.17, 15) is 0 Å². The number of aryl methyl sites for hydroxylation is 1. The number of nitrogens with zero attached hydrogens (tertiary/aromatic N) is 4. The molecule has 5 rings (SSSR count). The molecule has 0 amide bonds. The van der Waals surface area contributed by atoms with E-state index in [-0.39, 0.29) is 0 Å². The second-order valence-electron chi connectivity index (χ2n) is 6.29. The van der Waals surface area contributed by atoms with Crippen molar-refractivity contribution in [1.82, 2.24) is 25.1 Å². The summed E-state index contributed by atoms with van der Waals surface area (Å²) in [5, 5.41) is 14.4. The van der Waals surface area contributed by atoms with Gasteiger partial charge in [-0.25, -0.2) is 15.0 Å². The number of rotatable bonds is 5. The third kappa shape index (κ3) is 3.11. The average Bonchev–Trinajstić information content (AvgIpc) is 3.48. The molecule has 29 heavy (non-hydrogen) atoms. The molecule has 0 aliphatic heterocycles. The van der Waals surface area contributed by atoms with Crippen LogP contribution in [0.25, 0.3) is 33.7 Å². The minimum Gasteiger partial charge on any atom is -0.495 e. The first-order chi connectivity index (χ1) is 14.2. The second kappa shape index (κ2) is 7.02. The quantitative estimate of drug-likeness (QED) is 0.434. The number of hydrogen-bond acceptors (Lipinski definition) is 8. The summed E-state index contributed by atoms with van der Waals surface area (Å²) in [6.07, 6.45) is 3.08. The van der Waals surface area contributed by atoms with Gasteiger partial charge in [-0.3, -0.25) is 5.10 Å². The maximum absolute atomic E-state index is 5.54. The van der Waals surface area contributed by atoms with Gasteiger partial charge in [0, 0.05) is 10.9 Å². The molecule has 8 nitrogen and oxygen atoms in total. The summed E-state index contributed by atoms with van der Waals surface area (Å²) in [6.45, 7) is 1.99. The molecule has 0 saturated carbocycles. The Bertz CT molecular complexity index is 1290. The van der Waals surface area contributed by atoms with Crippen molar-refractivity contribution in [1.29, 1.82) is 0 Å². The number of anilines is 2. The first kappa shape index (κ1) is 17.4. The largest absolute Gasteiger partial charge is 0.495 e. The summed E-state index contributed by atoms with van der Waals surface area (Å²) in [4.78, 5) is 13.3. The van der Waals surface area contributed by atoms with Gasteiger partial charge < -0.3 is 14.5 Å². The topological polar surface area (TPSA) is 102 Å². The Labute approximate surface area is 169 Å². The number of fused-ring (bicyclic) bond motifs is 1. The van der Waals surface area contributed by atoms with Gasteiger partial charge in [0.25, 0.3) is 0 Å². The van der Waals surface area contributed by atoms with E-state index in [1.165, 1.54) is 6.33 Å². The number of aromatic amines is 1. The third-order valence-electron chi connectivity index (χ3n) is 4.49. The van der Waals surface area contributed by atoms with E-state index < -0.39 is 0 Å². The molecule has 0 saturated heterocycles. The van der Waals surface area contributed by atoms with Gasteiger partial charge in [0.2, 0.25) is 0 Å². The van der Waals surface area contributed by atoms with Crippen LogP contribution in [-0.4, -0.2) is 32.3 Å². The van der Waals surface area contributed by atoms with Gasteiger partial charge in [0.1, 0.15) is 23.6 Å². The van der Waals surface area contributed by atoms with Crippen LogP contribution in [0.3, 0.4) is 0 Å². The monoisotopic (exact) mass is 404 g/mol. The fourth-order valence-electron chi connectivity index (χ4n) is 3.14. The lowest BCUT2D eigenvalue weighted by atomic mass is 10.1. The Morgan fingerprint density at radius 3 is 2.90 bits per heavy atom. The van der Waals surface area contributed by atoms with Gasteiger partial charge >= 0.3 is 0 Å². The molecule has 0 aliphatic rings. The SMILES string of the molecule is COc1ccc(-c2csc(C)n2)cc1Nc1ncnc2n[nH]c(-c3ccco3)c12. The Morgan fingerprint density at radius 1 is 1.21 bits per heavy atom. The highest BCUT2D eigenvalue weighted by atomic mass is 32.1. The summed E-state index contributed by atoms with van der Waals surface area (Å²) < 4.78 is 11.1. The van der Waals surface area contributed by atoms with E-state index in [0.717, 1.165) is 27.3 Å². The Kier molecular flexibility index (Phi) is 4.21. The molecule has 0 fully saturated rings. The summed E-state index contributed by atoms with van der Waals surface area (Å²) in [6, 6.07) is 9.57. The summed E-state index contributed by atoms with van der Waals surface area (Å²) in [5.74, 6) is 1.94. The van der Waals surface area contributed by atoms with Crippen molar-refractivity contribution in [2.75, 3.05) is 12.4 Å². The zero-order chi connectivity index (χ0) is 19.8. The number of ether oxygens (including phenoxy) is 1. The normalized spacial score (nSPS) is 11.1. The van der Waals surface area contributed by atoms with Crippen LogP contribution in [0.15, 0.2) is 52.7 Å². The fraction of sp³-hybridized carbons (Fsp3) is 0.100. The van der Waals surface area contributed by atoms with Crippen LogP contribution in [0.1, 0.15) is 5.01 Å². The number of nitrogens with one attached hydrogen (secondary N) is 2. The minimum atomic E-state index is 0.541. The molecule has 0 spiro atoms. The van der Waals surface area contributed by atoms with E-state index in [0.29, 0.717) is 28.7 Å². The first-order valence-corrected chi connectivity index (χ1v) is 9.71. The zero-order valence-corrected chi connectivity index (χ0v) is 16.4. The number of thiazole rings is 1. The highest BCUT2D eigenvalue weighted by Crippen LogP contribution is 2.36. The second-order valence-corrected chi connectivity index (χ2v) is 7.35. The van der Waals surface area contributed by atoms with E-state index in [1.54, 1.807) is 24.7 Å². The van der Waals surface area contributed by atoms with Crippen LogP contribution in [0, 0.1) is 6.92 Å². The van der Waals surface area contributed by atoms with Crippen LogP contribution in [0.2, 0.25) is 0 Å². The van der Waals surface area contributed by atoms with Crippen molar-refractivity contribution in [2.24, 2.45) is 0 Å². The molecule has 1 aromatic carbocycles. The van der Waals surface area contributed by atoms with Crippen LogP contribution < -0.4 is 10.1 Å². The van der Waals surface area contributed by atoms with E-state index in [2.05, 4.69) is 30.5 Å². The van der Waals surface area contributed by atoms with Crippen molar-refractivity contribution < 1.29 is 9.15 Å². The van der Waals surface area contributed by atoms with Gasteiger partial charge in [-0.05, 0) is 37.3 Å². The van der Waals surface area contributed by atoms with Gasteiger partial charge in [0.15, 0.2) is 11.4 Å². The predicted molar refractivity (Wildman–Crippen MR) is 112 cm³/mol. The lowest BCUT2D eigenvalue weighted by Gasteiger charge is -2.12. The fourth-order valence-corrected chi connectivity index (χ4v) is 3.76. The number of aromatic nitrogens is 5. The van der Waals surface area contributed by atoms with Crippen LogP contribution in [0.5, 0.6) is 5.75 Å². The smallest absolute Gasteiger partial charge is 0.186 e. The lowest BCUT2D eigenvalue weighted by molar-refractivity contribution is 0.417. The molecule has 2 N–H and O–H groups in total. The van der Waals surface area contributed by atoms with Crippen molar-refractivity contribution in [2.45, 2.75) is 6.92 Å². The number of benzene rings is 1. The summed E-state index contributed by atoms with van der Waals surface area (Å²) in [7, 11) is 1.63. The lowest BCUT2D eigenvalue weighted by Crippen LogP contribution is -1.99. The Balaban J connectivity index is 1.61. The van der Waals surface area contributed by atoms with Crippen molar-refractivity contribution in [3.05, 3.63) is 53.3 Å². The third-order valence-corrected chi connectivity index (χ3v) is 5.26. The molecular formula is C20H16N6O2S. The minimum absolute atomic E-state index is 0.541. The van der Waals surface area contributed by atoms with E-state index in [1.807, 2.05) is 42.6 Å². The van der Waals surface area contributed by atoms with Crippen LogP contribution >= 0.6 is 11.3 Å². The number of H-pyrrole nitrogens is 1. The van der Waals surface area contributed by atoms with Gasteiger partial charge in [-0.15, -0.1) is 11.3 Å². The molecule has 0 bridgehead atoms. The Hall–Kier alpha value is -3.72. The van der Waals surface area contributed by atoms with Crippen molar-refractivity contribution in [3.8, 4) is 28.5 Å². The van der Waals surface area contributed by atoms with Gasteiger partial charge in [-0.1, -0.05) is 0 Å². The average molecular weight is 404 g/mol. The van der Waals surface area contributed by atoms with Crippen molar-refractivity contribution >= 4 is 33.9 Å². The maximum atomic E-state index is 5.54. The zero-order valence-electron chi connectivity index (χ0n) is 15.6. The van der Waals surface area contributed by atoms with E-state index in [4.69, 9.17) is 9.15 Å². The summed E-state index contributed by atoms with van der Waals surface area (Å²) in [5.41, 5.74) is 3.92. The van der Waals surface area contributed by atoms with Crippen LogP contribution in [-0.2, 0) is 0 Å². The number of methoxy groups -OCH3 is 1. The Morgan fingerprint density at radius 2 is 2.14 bits per heavy atom. The molecule has 4 aromatic heterocycles. The molecule has 0 unspecified atom stereocenters. The standard InChI is InChI=1S/C20H16N6O2S/c1-11-23-14(9-29-11)12-5-6-15(27-2)13(8-12)24-19-17-18(16-4-3-7-28-16)25-26-20(17)22-10-21-19/h3-10H,1-2H3,(H2,21,22,24,25,26). The van der Waals surface area contributed by atoms with Gasteiger partial charge in [-0.2, -0.15) is 5.10 Å². The predicted octanol–water partition coefficient (Wildman–Crippen LogP) is 4.80. The molecule has 144 valence electrons. The van der Waals surface area contributed by atoms with E-state index >= 15 is 0 Å². The molecule has 0 atom stereocenters. The number of hydrogen-bond donors (Lipinski definition) is 2. The molecule has 0 aliphatic carbocycles. The van der Waals surface area contributed by atoms with Gasteiger partial charge in [0.05, 0.1) is 35.1 Å². The highest BCUT2D eigenvalue weighted by molar-refractivity contribution is 7.09. The molecule has 5 aromatic rings. The summed E-state index contributed by atoms with van der Waals surface area (Å²) >= 11 is 1.62. The number of furan rings is 1. The van der Waals surface area contributed by atoms with Crippen molar-refractivity contribution in [3.63, 3.8) is 0 Å². The highest BCUT2D eigenvalue weighted by Gasteiger charge is 2.17. The molecule has 0 radical (unpaired) electrons. The van der Waals surface area contributed by atoms with Crippen LogP contribution in [0.4, 0.5) is 11.5 Å². The molecular weight excluding hydrogens is 388 g/mol. The first-order valence-electron chi connectivity index (χ1n) is 8.83. The molecule has 4 heterocycles. The maximum Gasteiger partial charge on any atom is 0.186 e. The molecule has 9 heteroatoms.